The molecule has 0 aliphatic heterocycles. The second-order valence-electron chi connectivity index (χ2n) is 10.4. The number of carboxylic acids is 1. The van der Waals surface area contributed by atoms with Crippen molar-refractivity contribution < 1.29 is 24.2 Å². The maximum Gasteiger partial charge on any atom is 0.407 e. The van der Waals surface area contributed by atoms with Crippen molar-refractivity contribution in [1.29, 1.82) is 0 Å². The van der Waals surface area contributed by atoms with Crippen LogP contribution in [0.15, 0.2) is 48.5 Å². The van der Waals surface area contributed by atoms with E-state index in [4.69, 9.17) is 9.84 Å². The molecule has 188 valence electrons. The summed E-state index contributed by atoms with van der Waals surface area (Å²) < 4.78 is 5.66. The third-order valence-electron chi connectivity index (χ3n) is 6.51. The van der Waals surface area contributed by atoms with Crippen molar-refractivity contribution in [2.24, 2.45) is 5.92 Å². The average molecular weight is 481 g/mol. The minimum Gasteiger partial charge on any atom is -0.481 e. The van der Waals surface area contributed by atoms with Gasteiger partial charge in [0.1, 0.15) is 6.61 Å². The average Bonchev–Trinajstić information content (AvgIpc) is 3.10. The Morgan fingerprint density at radius 3 is 2.03 bits per heavy atom. The van der Waals surface area contributed by atoms with Crippen molar-refractivity contribution in [3.05, 3.63) is 59.7 Å². The second kappa shape index (κ2) is 10.9. The highest BCUT2D eigenvalue weighted by molar-refractivity contribution is 5.80. The van der Waals surface area contributed by atoms with Crippen LogP contribution in [0.4, 0.5) is 4.79 Å². The van der Waals surface area contributed by atoms with Crippen LogP contribution < -0.4 is 5.32 Å². The third-order valence-corrected chi connectivity index (χ3v) is 6.51. The zero-order valence-electron chi connectivity index (χ0n) is 21.2. The van der Waals surface area contributed by atoms with Crippen LogP contribution >= 0.6 is 0 Å². The minimum atomic E-state index is -0.954. The number of carbonyl (C=O) groups excluding carboxylic acids is 2. The number of rotatable bonds is 9. The number of hydrogen-bond acceptors (Lipinski definition) is 4. The number of carbonyl (C=O) groups is 3. The molecule has 2 aromatic rings. The van der Waals surface area contributed by atoms with Gasteiger partial charge in [-0.1, -0.05) is 62.4 Å². The molecule has 1 aliphatic carbocycles. The Labute approximate surface area is 207 Å². The summed E-state index contributed by atoms with van der Waals surface area (Å²) in [6.45, 7) is 9.79. The zero-order chi connectivity index (χ0) is 25.8. The molecule has 1 aliphatic rings. The van der Waals surface area contributed by atoms with Gasteiger partial charge in [-0.25, -0.2) is 4.79 Å². The van der Waals surface area contributed by atoms with E-state index in [0.29, 0.717) is 0 Å². The van der Waals surface area contributed by atoms with Gasteiger partial charge in [-0.15, -0.1) is 0 Å². The molecule has 2 N–H and O–H groups in total. The molecule has 0 aromatic heterocycles. The largest absolute Gasteiger partial charge is 0.481 e. The van der Waals surface area contributed by atoms with Crippen LogP contribution in [0.1, 0.15) is 64.5 Å². The number of carboxylic acid groups (broad SMARTS) is 1. The van der Waals surface area contributed by atoms with E-state index in [1.54, 1.807) is 4.90 Å². The molecular weight excluding hydrogens is 444 g/mol. The molecule has 7 heteroatoms. The molecule has 0 spiro atoms. The van der Waals surface area contributed by atoms with Gasteiger partial charge in [0.2, 0.25) is 5.91 Å². The van der Waals surface area contributed by atoms with Crippen molar-refractivity contribution in [1.82, 2.24) is 10.2 Å². The summed E-state index contributed by atoms with van der Waals surface area (Å²) in [6, 6.07) is 15.9. The maximum atomic E-state index is 13.1. The summed E-state index contributed by atoms with van der Waals surface area (Å²) in [6.07, 6.45) is -0.625. The molecule has 7 nitrogen and oxygen atoms in total. The zero-order valence-corrected chi connectivity index (χ0v) is 21.2. The van der Waals surface area contributed by atoms with Crippen LogP contribution in [0.2, 0.25) is 0 Å². The predicted molar refractivity (Wildman–Crippen MR) is 135 cm³/mol. The minimum absolute atomic E-state index is 0.0132. The lowest BCUT2D eigenvalue weighted by atomic mass is 9.98. The van der Waals surface area contributed by atoms with E-state index in [1.807, 2.05) is 58.9 Å². The SMILES string of the molecule is CC(C)[C@H](CC(=O)N(CCC(=O)O)C(C)(C)C)NC(=O)OCC1c2ccccc2-c2ccccc21. The predicted octanol–water partition coefficient (Wildman–Crippen LogP) is 5.04. The first-order valence-electron chi connectivity index (χ1n) is 12.1. The number of aliphatic carboxylic acids is 1. The van der Waals surface area contributed by atoms with E-state index < -0.39 is 23.6 Å². The highest BCUT2D eigenvalue weighted by atomic mass is 16.5. The van der Waals surface area contributed by atoms with Gasteiger partial charge < -0.3 is 20.1 Å². The molecule has 35 heavy (non-hydrogen) atoms. The van der Waals surface area contributed by atoms with Crippen molar-refractivity contribution in [2.75, 3.05) is 13.2 Å². The van der Waals surface area contributed by atoms with Crippen LogP contribution in [-0.4, -0.2) is 52.7 Å². The molecule has 0 saturated heterocycles. The lowest BCUT2D eigenvalue weighted by Gasteiger charge is -2.37. The van der Waals surface area contributed by atoms with Gasteiger partial charge in [0, 0.05) is 30.5 Å². The molecule has 0 radical (unpaired) electrons. The first kappa shape index (κ1) is 26.3. The molecule has 1 atom stereocenters. The number of ether oxygens (including phenoxy) is 1. The summed E-state index contributed by atoms with van der Waals surface area (Å²) in [5.74, 6) is -1.21. The van der Waals surface area contributed by atoms with Crippen LogP contribution in [0.25, 0.3) is 11.1 Å². The lowest BCUT2D eigenvalue weighted by molar-refractivity contribution is -0.140. The van der Waals surface area contributed by atoms with E-state index in [2.05, 4.69) is 29.6 Å². The summed E-state index contributed by atoms with van der Waals surface area (Å²) >= 11 is 0. The number of nitrogens with zero attached hydrogens (tertiary/aromatic N) is 1. The normalized spacial score (nSPS) is 13.7. The monoisotopic (exact) mass is 480 g/mol. The molecule has 0 saturated carbocycles. The smallest absolute Gasteiger partial charge is 0.407 e. The topological polar surface area (TPSA) is 95.9 Å². The Kier molecular flexibility index (Phi) is 8.20. The Balaban J connectivity index is 1.64. The summed E-state index contributed by atoms with van der Waals surface area (Å²) in [5, 5.41) is 11.9. The highest BCUT2D eigenvalue weighted by Gasteiger charge is 2.32. The van der Waals surface area contributed by atoms with Gasteiger partial charge in [0.05, 0.1) is 6.42 Å². The molecule has 0 bridgehead atoms. The quantitative estimate of drug-likeness (QED) is 0.524. The Bertz CT molecular complexity index is 1030. The molecular formula is C28H36N2O5. The Morgan fingerprint density at radius 2 is 1.54 bits per heavy atom. The summed E-state index contributed by atoms with van der Waals surface area (Å²) in [7, 11) is 0. The molecule has 0 unspecified atom stereocenters. The molecule has 0 fully saturated rings. The van der Waals surface area contributed by atoms with Crippen molar-refractivity contribution in [2.45, 2.75) is 65.0 Å². The fourth-order valence-corrected chi connectivity index (χ4v) is 4.58. The van der Waals surface area contributed by atoms with Gasteiger partial charge in [-0.3, -0.25) is 9.59 Å². The van der Waals surface area contributed by atoms with E-state index in [1.165, 1.54) is 0 Å². The van der Waals surface area contributed by atoms with Crippen LogP contribution in [0.5, 0.6) is 0 Å². The van der Waals surface area contributed by atoms with Crippen molar-refractivity contribution in [3.63, 3.8) is 0 Å². The molecule has 0 heterocycles. The Morgan fingerprint density at radius 1 is 1.00 bits per heavy atom. The maximum absolute atomic E-state index is 13.1. The van der Waals surface area contributed by atoms with E-state index in [9.17, 15) is 14.4 Å². The Hall–Kier alpha value is -3.35. The van der Waals surface area contributed by atoms with Crippen LogP contribution in [0, 0.1) is 5.92 Å². The van der Waals surface area contributed by atoms with Crippen LogP contribution in [-0.2, 0) is 14.3 Å². The van der Waals surface area contributed by atoms with Gasteiger partial charge in [-0.2, -0.15) is 0 Å². The number of hydrogen-bond donors (Lipinski definition) is 2. The van der Waals surface area contributed by atoms with E-state index >= 15 is 0 Å². The van der Waals surface area contributed by atoms with Crippen molar-refractivity contribution >= 4 is 18.0 Å². The number of fused-ring (bicyclic) bond motifs is 3. The number of amides is 2. The number of nitrogens with one attached hydrogen (secondary N) is 1. The lowest BCUT2D eigenvalue weighted by Crippen LogP contribution is -2.50. The standard InChI is InChI=1S/C28H36N2O5/c1-18(2)24(16-25(31)30(28(3,4)5)15-14-26(32)33)29-27(34)35-17-23-21-12-8-6-10-19(21)20-11-7-9-13-22(20)23/h6-13,18,23-24H,14-17H2,1-5H3,(H,29,34)(H,32,33)/t24-/m0/s1. The summed E-state index contributed by atoms with van der Waals surface area (Å²) in [4.78, 5) is 38.5. The second-order valence-corrected chi connectivity index (χ2v) is 10.4. The third kappa shape index (κ3) is 6.41. The van der Waals surface area contributed by atoms with Gasteiger partial charge in [0.15, 0.2) is 0 Å². The van der Waals surface area contributed by atoms with E-state index in [-0.39, 0.29) is 43.7 Å². The highest BCUT2D eigenvalue weighted by Crippen LogP contribution is 2.44. The molecule has 3 rings (SSSR count). The van der Waals surface area contributed by atoms with E-state index in [0.717, 1.165) is 22.3 Å². The van der Waals surface area contributed by atoms with Gasteiger partial charge in [-0.05, 0) is 48.9 Å². The van der Waals surface area contributed by atoms with Crippen molar-refractivity contribution in [3.8, 4) is 11.1 Å². The molecule has 2 aromatic carbocycles. The van der Waals surface area contributed by atoms with Gasteiger partial charge in [0.25, 0.3) is 0 Å². The molecule has 2 amide bonds. The fourth-order valence-electron chi connectivity index (χ4n) is 4.58. The first-order valence-corrected chi connectivity index (χ1v) is 12.1. The van der Waals surface area contributed by atoms with Gasteiger partial charge >= 0.3 is 12.1 Å². The summed E-state index contributed by atoms with van der Waals surface area (Å²) in [5.41, 5.74) is 4.06. The first-order chi connectivity index (χ1) is 16.5. The number of benzene rings is 2. The fraction of sp³-hybridized carbons (Fsp3) is 0.464. The number of alkyl carbamates (subject to hydrolysis) is 1. The van der Waals surface area contributed by atoms with Crippen LogP contribution in [0.3, 0.4) is 0 Å².